The van der Waals surface area contributed by atoms with Gasteiger partial charge in [0.1, 0.15) is 6.07 Å². The smallest absolute Gasteiger partial charge is 0.101 e. The average molecular weight is 611 g/mol. The number of para-hydroxylation sites is 4. The third-order valence-electron chi connectivity index (χ3n) is 9.40. The van der Waals surface area contributed by atoms with Crippen molar-refractivity contribution in [2.45, 2.75) is 0 Å². The molecular weight excluding hydrogens is 585 g/mol. The highest BCUT2D eigenvalue weighted by molar-refractivity contribution is 6.11. The molecule has 0 aliphatic carbocycles. The Morgan fingerprint density at radius 2 is 1.00 bits per heavy atom. The third-order valence-corrected chi connectivity index (χ3v) is 9.40. The number of nitriles is 2. The maximum Gasteiger partial charge on any atom is 0.101 e. The molecule has 0 bridgehead atoms. The van der Waals surface area contributed by atoms with Crippen molar-refractivity contribution < 1.29 is 0 Å². The van der Waals surface area contributed by atoms with E-state index < -0.39 is 0 Å². The number of benzene rings is 7. The monoisotopic (exact) mass is 610 g/mol. The molecule has 0 amide bonds. The molecule has 0 unspecified atom stereocenters. The summed E-state index contributed by atoms with van der Waals surface area (Å²) in [6.45, 7) is 0. The Morgan fingerprint density at radius 1 is 0.417 bits per heavy atom. The molecule has 0 fully saturated rings. The number of aromatic nitrogens is 2. The zero-order chi connectivity index (χ0) is 32.2. The fraction of sp³-hybridized carbons (Fsp3) is 0. The molecule has 0 atom stereocenters. The highest BCUT2D eigenvalue weighted by Crippen LogP contribution is 2.38. The molecule has 2 aromatic heterocycles. The quantitative estimate of drug-likeness (QED) is 0.199. The van der Waals surface area contributed by atoms with Crippen LogP contribution in [0.1, 0.15) is 11.1 Å². The van der Waals surface area contributed by atoms with E-state index in [1.54, 1.807) is 0 Å². The SMILES string of the molecule is N#Cc1ccc(-c2cccc(-c3ccc(-n4c5ccccc5c5cccc(C#N)c54)cc3)c2)c(-n2c3ccccc3c3ccccc32)c1. The number of hydrogen-bond donors (Lipinski definition) is 0. The van der Waals surface area contributed by atoms with E-state index >= 15 is 0 Å². The largest absolute Gasteiger partial charge is 0.309 e. The van der Waals surface area contributed by atoms with Crippen LogP contribution in [0, 0.1) is 22.7 Å². The summed E-state index contributed by atoms with van der Waals surface area (Å²) in [5.74, 6) is 0. The van der Waals surface area contributed by atoms with Gasteiger partial charge in [0.2, 0.25) is 0 Å². The van der Waals surface area contributed by atoms with Gasteiger partial charge < -0.3 is 9.13 Å². The maximum absolute atomic E-state index is 9.98. The number of fused-ring (bicyclic) bond motifs is 6. The molecule has 9 rings (SSSR count). The van der Waals surface area contributed by atoms with E-state index in [4.69, 9.17) is 0 Å². The molecule has 0 radical (unpaired) electrons. The summed E-state index contributed by atoms with van der Waals surface area (Å²) in [5, 5.41) is 24.4. The van der Waals surface area contributed by atoms with Crippen molar-refractivity contribution in [3.05, 3.63) is 169 Å². The summed E-state index contributed by atoms with van der Waals surface area (Å²) in [4.78, 5) is 0. The van der Waals surface area contributed by atoms with Crippen molar-refractivity contribution in [2.24, 2.45) is 0 Å². The van der Waals surface area contributed by atoms with Crippen LogP contribution in [-0.2, 0) is 0 Å². The van der Waals surface area contributed by atoms with Crippen molar-refractivity contribution in [3.63, 3.8) is 0 Å². The zero-order valence-electron chi connectivity index (χ0n) is 25.8. The normalized spacial score (nSPS) is 11.3. The topological polar surface area (TPSA) is 57.4 Å². The second-order valence-electron chi connectivity index (χ2n) is 12.0. The first kappa shape index (κ1) is 27.4. The van der Waals surface area contributed by atoms with Gasteiger partial charge in [-0.25, -0.2) is 0 Å². The fourth-order valence-electron chi connectivity index (χ4n) is 7.26. The summed E-state index contributed by atoms with van der Waals surface area (Å²) in [7, 11) is 0. The Bertz CT molecular complexity index is 2750. The predicted molar refractivity (Wildman–Crippen MR) is 195 cm³/mol. The maximum atomic E-state index is 9.98. The standard InChI is InChI=1S/C44H26N4/c45-27-29-19-24-35(43(25-29)48-41-17-5-1-12-36(41)37-13-2-6-18-42(37)48)32-10-7-9-31(26-32)30-20-22-34(23-21-30)47-40-16-4-3-14-38(40)39-15-8-11-33(28-46)44(39)47/h1-26H. The Balaban J connectivity index is 1.18. The van der Waals surface area contributed by atoms with Gasteiger partial charge in [-0.1, -0.05) is 103 Å². The molecule has 0 N–H and O–H groups in total. The molecule has 0 aliphatic rings. The van der Waals surface area contributed by atoms with Crippen molar-refractivity contribution in [2.75, 3.05) is 0 Å². The van der Waals surface area contributed by atoms with Crippen LogP contribution < -0.4 is 0 Å². The molecule has 0 aliphatic heterocycles. The van der Waals surface area contributed by atoms with E-state index in [1.807, 2.05) is 36.4 Å². The lowest BCUT2D eigenvalue weighted by molar-refractivity contribution is 1.18. The van der Waals surface area contributed by atoms with Crippen molar-refractivity contribution in [3.8, 4) is 45.8 Å². The van der Waals surface area contributed by atoms with Gasteiger partial charge in [-0.3, -0.25) is 0 Å². The molecule has 0 saturated heterocycles. The van der Waals surface area contributed by atoms with Gasteiger partial charge in [0, 0.05) is 32.8 Å². The van der Waals surface area contributed by atoms with Crippen LogP contribution in [0.25, 0.3) is 77.2 Å². The minimum Gasteiger partial charge on any atom is -0.309 e. The fourth-order valence-corrected chi connectivity index (χ4v) is 7.26. The zero-order valence-corrected chi connectivity index (χ0v) is 25.8. The lowest BCUT2D eigenvalue weighted by atomic mass is 9.96. The average Bonchev–Trinajstić information content (AvgIpc) is 3.68. The number of nitrogens with zero attached hydrogens (tertiary/aromatic N) is 4. The molecule has 2 heterocycles. The summed E-state index contributed by atoms with van der Waals surface area (Å²) >= 11 is 0. The molecule has 222 valence electrons. The van der Waals surface area contributed by atoms with Gasteiger partial charge in [-0.05, 0) is 71.3 Å². The van der Waals surface area contributed by atoms with Crippen LogP contribution in [-0.4, -0.2) is 9.13 Å². The van der Waals surface area contributed by atoms with E-state index in [-0.39, 0.29) is 0 Å². The van der Waals surface area contributed by atoms with Crippen LogP contribution >= 0.6 is 0 Å². The van der Waals surface area contributed by atoms with E-state index in [9.17, 15) is 10.5 Å². The van der Waals surface area contributed by atoms with E-state index in [0.29, 0.717) is 11.1 Å². The Kier molecular flexibility index (Phi) is 6.22. The Labute approximate surface area is 277 Å². The van der Waals surface area contributed by atoms with Gasteiger partial charge >= 0.3 is 0 Å². The highest BCUT2D eigenvalue weighted by atomic mass is 15.0. The number of hydrogen-bond acceptors (Lipinski definition) is 2. The first-order valence-corrected chi connectivity index (χ1v) is 15.9. The molecule has 4 heteroatoms. The summed E-state index contributed by atoms with van der Waals surface area (Å²) < 4.78 is 4.47. The number of rotatable bonds is 4. The summed E-state index contributed by atoms with van der Waals surface area (Å²) in [6, 6.07) is 59.0. The van der Waals surface area contributed by atoms with Gasteiger partial charge in [-0.2, -0.15) is 10.5 Å². The van der Waals surface area contributed by atoms with E-state index in [0.717, 1.165) is 66.5 Å². The minimum absolute atomic E-state index is 0.618. The van der Waals surface area contributed by atoms with Crippen molar-refractivity contribution in [1.82, 2.24) is 9.13 Å². The molecule has 7 aromatic carbocycles. The third kappa shape index (κ3) is 4.14. The van der Waals surface area contributed by atoms with E-state index in [2.05, 4.69) is 143 Å². The van der Waals surface area contributed by atoms with Crippen LogP contribution in [0.3, 0.4) is 0 Å². The first-order chi connectivity index (χ1) is 23.7. The highest BCUT2D eigenvalue weighted by Gasteiger charge is 2.18. The van der Waals surface area contributed by atoms with Crippen molar-refractivity contribution in [1.29, 1.82) is 10.5 Å². The van der Waals surface area contributed by atoms with Crippen molar-refractivity contribution >= 4 is 43.6 Å². The lowest BCUT2D eigenvalue weighted by Gasteiger charge is -2.15. The first-order valence-electron chi connectivity index (χ1n) is 15.9. The van der Waals surface area contributed by atoms with Gasteiger partial charge in [-0.15, -0.1) is 0 Å². The Hall–Kier alpha value is -6.88. The molecule has 48 heavy (non-hydrogen) atoms. The van der Waals surface area contributed by atoms with E-state index in [1.165, 1.54) is 10.8 Å². The predicted octanol–water partition coefficient (Wildman–Crippen LogP) is 11.0. The molecular formula is C44H26N4. The van der Waals surface area contributed by atoms with Crippen LogP contribution in [0.15, 0.2) is 158 Å². The Morgan fingerprint density at radius 3 is 1.67 bits per heavy atom. The second-order valence-corrected chi connectivity index (χ2v) is 12.0. The van der Waals surface area contributed by atoms with Gasteiger partial charge in [0.25, 0.3) is 0 Å². The minimum atomic E-state index is 0.618. The molecule has 9 aromatic rings. The summed E-state index contributed by atoms with van der Waals surface area (Å²) in [6.07, 6.45) is 0. The lowest BCUT2D eigenvalue weighted by Crippen LogP contribution is -1.98. The second kappa shape index (κ2) is 10.9. The molecule has 0 saturated carbocycles. The van der Waals surface area contributed by atoms with Crippen LogP contribution in [0.4, 0.5) is 0 Å². The van der Waals surface area contributed by atoms with Crippen LogP contribution in [0.5, 0.6) is 0 Å². The van der Waals surface area contributed by atoms with Crippen LogP contribution in [0.2, 0.25) is 0 Å². The van der Waals surface area contributed by atoms with Gasteiger partial charge in [0.05, 0.1) is 45.0 Å². The summed E-state index contributed by atoms with van der Waals surface area (Å²) in [5.41, 5.74) is 11.8. The molecule has 4 nitrogen and oxygen atoms in total. The van der Waals surface area contributed by atoms with Gasteiger partial charge in [0.15, 0.2) is 0 Å². The molecule has 0 spiro atoms.